The third-order valence-electron chi connectivity index (χ3n) is 7.35. The van der Waals surface area contributed by atoms with E-state index in [1.165, 1.54) is 5.57 Å². The van der Waals surface area contributed by atoms with Gasteiger partial charge in [0.1, 0.15) is 29.9 Å². The monoisotopic (exact) mass is 574 g/mol. The van der Waals surface area contributed by atoms with E-state index < -0.39 is 24.0 Å². The van der Waals surface area contributed by atoms with Crippen LogP contribution in [0, 0.1) is 5.92 Å². The van der Waals surface area contributed by atoms with Gasteiger partial charge in [0, 0.05) is 12.3 Å². The summed E-state index contributed by atoms with van der Waals surface area (Å²) in [7, 11) is 0. The molecule has 0 aliphatic heterocycles. The fraction of sp³-hybridized carbons (Fsp3) is 0.167. The van der Waals surface area contributed by atoms with Gasteiger partial charge < -0.3 is 25.6 Å². The molecule has 0 saturated heterocycles. The quantitative estimate of drug-likeness (QED) is 0.265. The molecule has 3 aromatic rings. The summed E-state index contributed by atoms with van der Waals surface area (Å²) in [5, 5.41) is 12.3. The van der Waals surface area contributed by atoms with Crippen molar-refractivity contribution in [2.24, 2.45) is 11.7 Å². The van der Waals surface area contributed by atoms with E-state index in [0.29, 0.717) is 23.9 Å². The highest BCUT2D eigenvalue weighted by Gasteiger charge is 2.25. The van der Waals surface area contributed by atoms with Gasteiger partial charge in [0.15, 0.2) is 0 Å². The van der Waals surface area contributed by atoms with Crippen LogP contribution in [0.1, 0.15) is 16.7 Å². The molecule has 0 bridgehead atoms. The fourth-order valence-corrected chi connectivity index (χ4v) is 4.91. The first-order chi connectivity index (χ1) is 20.9. The Kier molecular flexibility index (Phi) is 9.34. The molecule has 1 amide bonds. The second kappa shape index (κ2) is 13.7. The fourth-order valence-electron chi connectivity index (χ4n) is 4.91. The zero-order valence-electron chi connectivity index (χ0n) is 23.7. The number of rotatable bonds is 12. The summed E-state index contributed by atoms with van der Waals surface area (Å²) in [6, 6.07) is 22.3. The number of nitrogens with one attached hydrogen (secondary N) is 1. The van der Waals surface area contributed by atoms with Crippen LogP contribution in [0.3, 0.4) is 0 Å². The highest BCUT2D eigenvalue weighted by molar-refractivity contribution is 5.87. The van der Waals surface area contributed by atoms with Crippen molar-refractivity contribution in [2.75, 3.05) is 0 Å². The average Bonchev–Trinajstić information content (AvgIpc) is 3.03. The van der Waals surface area contributed by atoms with E-state index in [1.807, 2.05) is 78.9 Å². The van der Waals surface area contributed by atoms with Gasteiger partial charge in [0.25, 0.3) is 0 Å². The minimum absolute atomic E-state index is 0.105. The Morgan fingerprint density at radius 3 is 2.23 bits per heavy atom. The molecule has 3 atom stereocenters. The number of ether oxygens (including phenoxy) is 2. The normalized spacial score (nSPS) is 16.8. The van der Waals surface area contributed by atoms with Gasteiger partial charge in [0.2, 0.25) is 5.91 Å². The molecule has 5 rings (SSSR count). The second-order valence-corrected chi connectivity index (χ2v) is 10.5. The lowest BCUT2D eigenvalue weighted by atomic mass is 9.84. The van der Waals surface area contributed by atoms with Crippen molar-refractivity contribution in [3.05, 3.63) is 155 Å². The Balaban J connectivity index is 1.12. The van der Waals surface area contributed by atoms with Gasteiger partial charge in [-0.1, -0.05) is 91.6 Å². The maximum absolute atomic E-state index is 12.8. The molecule has 2 aliphatic rings. The first kappa shape index (κ1) is 29.4. The Bertz CT molecular complexity index is 1580. The topological polar surface area (TPSA) is 111 Å². The first-order valence-corrected chi connectivity index (χ1v) is 14.1. The van der Waals surface area contributed by atoms with Gasteiger partial charge >= 0.3 is 5.97 Å². The van der Waals surface area contributed by atoms with Crippen LogP contribution in [0.15, 0.2) is 139 Å². The number of carboxylic acids is 1. The number of hydrogen-bond acceptors (Lipinski definition) is 5. The number of nitrogens with two attached hydrogens (primary N) is 1. The highest BCUT2D eigenvalue weighted by atomic mass is 16.5. The van der Waals surface area contributed by atoms with Crippen LogP contribution in [0.2, 0.25) is 0 Å². The Hall–Kier alpha value is -5.14. The molecule has 4 N–H and O–H groups in total. The second-order valence-electron chi connectivity index (χ2n) is 10.5. The maximum Gasteiger partial charge on any atom is 0.326 e. The van der Waals surface area contributed by atoms with Gasteiger partial charge in [-0.2, -0.15) is 0 Å². The summed E-state index contributed by atoms with van der Waals surface area (Å²) in [5.74, 6) is 0.458. The summed E-state index contributed by atoms with van der Waals surface area (Å²) >= 11 is 0. The Morgan fingerprint density at radius 2 is 1.53 bits per heavy atom. The molecule has 3 aromatic carbocycles. The number of benzene rings is 3. The molecular formula is C36H34N2O5. The van der Waals surface area contributed by atoms with Crippen LogP contribution < -0.4 is 20.5 Å². The van der Waals surface area contributed by atoms with Gasteiger partial charge in [-0.3, -0.25) is 4.79 Å². The van der Waals surface area contributed by atoms with Gasteiger partial charge in [-0.15, -0.1) is 0 Å². The number of carbonyl (C=O) groups is 2. The number of carbonyl (C=O) groups excluding carboxylic acids is 1. The molecular weight excluding hydrogens is 540 g/mol. The number of hydrogen-bond donors (Lipinski definition) is 3. The summed E-state index contributed by atoms with van der Waals surface area (Å²) in [5.41, 5.74) is 10.9. The van der Waals surface area contributed by atoms with Crippen LogP contribution >= 0.6 is 0 Å². The molecule has 218 valence electrons. The van der Waals surface area contributed by atoms with E-state index in [4.69, 9.17) is 15.2 Å². The standard InChI is InChI=1S/C36H34N2O5/c1-24-31-10-6-5-9-28(31)15-20-34(24)43-30-18-13-25(14-19-30)21-32(37)35(39)38-33(36(40)41)22-26-11-16-29(17-12-26)42-23-27-7-3-2-4-8-27/h2-20,31-33H,1,21-23,37H2,(H,38,39)(H,40,41)/t31?,32-,33-/m0/s1. The molecule has 0 heterocycles. The van der Waals surface area contributed by atoms with Crippen LogP contribution in [-0.2, 0) is 29.0 Å². The van der Waals surface area contributed by atoms with Gasteiger partial charge in [0.05, 0.1) is 6.04 Å². The molecule has 0 spiro atoms. The first-order valence-electron chi connectivity index (χ1n) is 14.1. The highest BCUT2D eigenvalue weighted by Crippen LogP contribution is 2.34. The zero-order chi connectivity index (χ0) is 30.2. The lowest BCUT2D eigenvalue weighted by molar-refractivity contribution is -0.141. The maximum atomic E-state index is 12.8. The lowest BCUT2D eigenvalue weighted by Gasteiger charge is -2.25. The third-order valence-corrected chi connectivity index (χ3v) is 7.35. The zero-order valence-corrected chi connectivity index (χ0v) is 23.7. The van der Waals surface area contributed by atoms with Crippen molar-refractivity contribution in [1.82, 2.24) is 5.32 Å². The van der Waals surface area contributed by atoms with Crippen LogP contribution in [0.25, 0.3) is 0 Å². The number of allylic oxidation sites excluding steroid dienone is 8. The molecule has 7 heteroatoms. The lowest BCUT2D eigenvalue weighted by Crippen LogP contribution is -2.50. The number of aliphatic carboxylic acids is 1. The SMILES string of the molecule is C=C1C(Oc2ccc(C[C@H](N)C(=O)N[C@@H](Cc3ccc(OCc4ccccc4)cc3)C(=O)O)cc2)=CC=C2C=CC=CC12. The predicted octanol–water partition coefficient (Wildman–Crippen LogP) is 5.45. The Morgan fingerprint density at radius 1 is 0.860 bits per heavy atom. The van der Waals surface area contributed by atoms with E-state index in [-0.39, 0.29) is 18.8 Å². The molecule has 0 saturated carbocycles. The predicted molar refractivity (Wildman–Crippen MR) is 166 cm³/mol. The van der Waals surface area contributed by atoms with Crippen molar-refractivity contribution in [3.8, 4) is 11.5 Å². The van der Waals surface area contributed by atoms with Crippen LogP contribution in [0.4, 0.5) is 0 Å². The molecule has 43 heavy (non-hydrogen) atoms. The van der Waals surface area contributed by atoms with Gasteiger partial charge in [-0.05, 0) is 64.6 Å². The molecule has 0 radical (unpaired) electrons. The van der Waals surface area contributed by atoms with E-state index in [1.54, 1.807) is 24.3 Å². The molecule has 0 fully saturated rings. The minimum atomic E-state index is -1.13. The van der Waals surface area contributed by atoms with Gasteiger partial charge in [-0.25, -0.2) is 4.79 Å². The van der Waals surface area contributed by atoms with Crippen LogP contribution in [0.5, 0.6) is 11.5 Å². The van der Waals surface area contributed by atoms with Crippen molar-refractivity contribution < 1.29 is 24.2 Å². The van der Waals surface area contributed by atoms with E-state index >= 15 is 0 Å². The summed E-state index contributed by atoms with van der Waals surface area (Å²) < 4.78 is 11.9. The Labute approximate surface area is 251 Å². The third kappa shape index (κ3) is 7.78. The largest absolute Gasteiger partial charge is 0.489 e. The summed E-state index contributed by atoms with van der Waals surface area (Å²) in [6.45, 7) is 4.64. The van der Waals surface area contributed by atoms with E-state index in [2.05, 4.69) is 24.0 Å². The molecule has 1 unspecified atom stereocenters. The number of carboxylic acid groups (broad SMARTS) is 1. The van der Waals surface area contributed by atoms with Crippen molar-refractivity contribution in [2.45, 2.75) is 31.5 Å². The smallest absolute Gasteiger partial charge is 0.326 e. The van der Waals surface area contributed by atoms with Crippen molar-refractivity contribution in [3.63, 3.8) is 0 Å². The minimum Gasteiger partial charge on any atom is -0.489 e. The molecule has 7 nitrogen and oxygen atoms in total. The molecule has 0 aromatic heterocycles. The summed E-state index contributed by atoms with van der Waals surface area (Å²) in [4.78, 5) is 24.8. The van der Waals surface area contributed by atoms with Crippen LogP contribution in [-0.4, -0.2) is 29.1 Å². The van der Waals surface area contributed by atoms with Crippen molar-refractivity contribution >= 4 is 11.9 Å². The number of amides is 1. The summed E-state index contributed by atoms with van der Waals surface area (Å²) in [6.07, 6.45) is 12.5. The number of fused-ring (bicyclic) bond motifs is 1. The van der Waals surface area contributed by atoms with E-state index in [0.717, 1.165) is 22.3 Å². The van der Waals surface area contributed by atoms with Crippen molar-refractivity contribution in [1.29, 1.82) is 0 Å². The molecule has 2 aliphatic carbocycles. The average molecular weight is 575 g/mol. The van der Waals surface area contributed by atoms with E-state index in [9.17, 15) is 14.7 Å².